The number of hydrogen-bond donors (Lipinski definition) is 4. The van der Waals surface area contributed by atoms with Gasteiger partial charge in [-0.2, -0.15) is 0 Å². The third-order valence-electron chi connectivity index (χ3n) is 3.72. The summed E-state index contributed by atoms with van der Waals surface area (Å²) >= 11 is 0. The van der Waals surface area contributed by atoms with Gasteiger partial charge in [-0.3, -0.25) is 4.79 Å². The Kier molecular flexibility index (Phi) is 3.80. The summed E-state index contributed by atoms with van der Waals surface area (Å²) in [6, 6.07) is 5.27. The van der Waals surface area contributed by atoms with Crippen molar-refractivity contribution in [2.24, 2.45) is 0 Å². The molecule has 3 aromatic rings. The summed E-state index contributed by atoms with van der Waals surface area (Å²) in [5.41, 5.74) is -0.531. The predicted molar refractivity (Wildman–Crippen MR) is 87.7 cm³/mol. The van der Waals surface area contributed by atoms with Crippen molar-refractivity contribution in [3.8, 4) is 45.8 Å². The van der Waals surface area contributed by atoms with E-state index in [2.05, 4.69) is 0 Å². The van der Waals surface area contributed by atoms with Crippen LogP contribution < -0.4 is 14.9 Å². The van der Waals surface area contributed by atoms with E-state index >= 15 is 0 Å². The van der Waals surface area contributed by atoms with Crippen molar-refractivity contribution in [3.63, 3.8) is 0 Å². The van der Waals surface area contributed by atoms with Gasteiger partial charge in [0.25, 0.3) is 0 Å². The third kappa shape index (κ3) is 2.44. The minimum Gasteiger partial charge on any atom is -0.504 e. The van der Waals surface area contributed by atoms with E-state index in [1.165, 1.54) is 32.4 Å². The fourth-order valence-corrected chi connectivity index (χ4v) is 2.49. The number of rotatable bonds is 3. The zero-order valence-electron chi connectivity index (χ0n) is 13.2. The van der Waals surface area contributed by atoms with E-state index in [0.717, 1.165) is 6.07 Å². The Morgan fingerprint density at radius 1 is 0.920 bits per heavy atom. The number of methoxy groups -OCH3 is 2. The molecule has 3 rings (SSSR count). The van der Waals surface area contributed by atoms with E-state index in [4.69, 9.17) is 13.9 Å². The number of phenols is 4. The molecule has 25 heavy (non-hydrogen) atoms. The van der Waals surface area contributed by atoms with Crippen LogP contribution in [-0.2, 0) is 0 Å². The smallest absolute Gasteiger partial charge is 0.239 e. The Morgan fingerprint density at radius 2 is 1.64 bits per heavy atom. The fraction of sp³-hybridized carbons (Fsp3) is 0.118. The first-order valence-electron chi connectivity index (χ1n) is 7.05. The summed E-state index contributed by atoms with van der Waals surface area (Å²) in [5, 5.41) is 38.6. The Balaban J connectivity index is 2.40. The van der Waals surface area contributed by atoms with Gasteiger partial charge < -0.3 is 34.3 Å². The molecule has 0 unspecified atom stereocenters. The van der Waals surface area contributed by atoms with Gasteiger partial charge in [0.15, 0.2) is 28.8 Å². The molecule has 0 saturated carbocycles. The minimum atomic E-state index is -0.832. The van der Waals surface area contributed by atoms with Gasteiger partial charge in [-0.05, 0) is 18.2 Å². The van der Waals surface area contributed by atoms with Gasteiger partial charge >= 0.3 is 0 Å². The lowest BCUT2D eigenvalue weighted by Crippen LogP contribution is -2.08. The molecule has 0 atom stereocenters. The van der Waals surface area contributed by atoms with E-state index < -0.39 is 22.7 Å². The highest BCUT2D eigenvalue weighted by Gasteiger charge is 2.23. The molecular formula is C17H14O8. The highest BCUT2D eigenvalue weighted by atomic mass is 16.5. The largest absolute Gasteiger partial charge is 0.504 e. The quantitative estimate of drug-likeness (QED) is 0.532. The number of benzene rings is 2. The van der Waals surface area contributed by atoms with E-state index in [1.54, 1.807) is 0 Å². The first-order valence-corrected chi connectivity index (χ1v) is 7.05. The average molecular weight is 346 g/mol. The van der Waals surface area contributed by atoms with Crippen LogP contribution in [0.25, 0.3) is 22.3 Å². The van der Waals surface area contributed by atoms with Gasteiger partial charge in [-0.1, -0.05) is 0 Å². The van der Waals surface area contributed by atoms with Crippen LogP contribution in [0.3, 0.4) is 0 Å². The van der Waals surface area contributed by atoms with Crippen molar-refractivity contribution in [1.82, 2.24) is 0 Å². The summed E-state index contributed by atoms with van der Waals surface area (Å²) < 4.78 is 15.7. The van der Waals surface area contributed by atoms with Crippen LogP contribution in [0.15, 0.2) is 33.5 Å². The lowest BCUT2D eigenvalue weighted by molar-refractivity contribution is 0.367. The van der Waals surface area contributed by atoms with Gasteiger partial charge in [0.05, 0.1) is 14.2 Å². The lowest BCUT2D eigenvalue weighted by Gasteiger charge is -2.12. The molecule has 130 valence electrons. The fourth-order valence-electron chi connectivity index (χ4n) is 2.49. The molecular weight excluding hydrogens is 332 g/mol. The van der Waals surface area contributed by atoms with E-state index in [1.807, 2.05) is 0 Å². The maximum Gasteiger partial charge on any atom is 0.239 e. The summed E-state index contributed by atoms with van der Waals surface area (Å²) in [5.74, 6) is -2.46. The van der Waals surface area contributed by atoms with Crippen molar-refractivity contribution in [3.05, 3.63) is 34.5 Å². The van der Waals surface area contributed by atoms with Crippen molar-refractivity contribution in [2.45, 2.75) is 0 Å². The van der Waals surface area contributed by atoms with Crippen molar-refractivity contribution in [2.75, 3.05) is 14.2 Å². The number of aromatic hydroxyl groups is 4. The van der Waals surface area contributed by atoms with Crippen LogP contribution in [0.1, 0.15) is 0 Å². The maximum absolute atomic E-state index is 12.6. The molecule has 0 aliphatic heterocycles. The zero-order valence-corrected chi connectivity index (χ0v) is 13.2. The highest BCUT2D eigenvalue weighted by Crippen LogP contribution is 2.43. The molecule has 4 N–H and O–H groups in total. The van der Waals surface area contributed by atoms with Crippen LogP contribution in [0.2, 0.25) is 0 Å². The molecule has 8 heteroatoms. The van der Waals surface area contributed by atoms with Crippen LogP contribution in [0, 0.1) is 0 Å². The monoisotopic (exact) mass is 346 g/mol. The molecule has 0 aliphatic rings. The molecule has 0 aliphatic carbocycles. The lowest BCUT2D eigenvalue weighted by atomic mass is 10.1. The molecule has 0 amide bonds. The average Bonchev–Trinajstić information content (AvgIpc) is 2.59. The molecule has 0 bridgehead atoms. The Hall–Kier alpha value is -3.55. The van der Waals surface area contributed by atoms with Crippen LogP contribution in [0.5, 0.6) is 34.5 Å². The summed E-state index contributed by atoms with van der Waals surface area (Å²) in [7, 11) is 2.61. The molecule has 0 saturated heterocycles. The number of phenolic OH excluding ortho intramolecular Hbond substituents is 4. The number of hydrogen-bond acceptors (Lipinski definition) is 8. The third-order valence-corrected chi connectivity index (χ3v) is 3.72. The van der Waals surface area contributed by atoms with Crippen molar-refractivity contribution < 1.29 is 34.3 Å². The normalized spacial score (nSPS) is 10.8. The second-order valence-electron chi connectivity index (χ2n) is 5.15. The van der Waals surface area contributed by atoms with Crippen LogP contribution >= 0.6 is 0 Å². The number of ether oxygens (including phenoxy) is 2. The highest BCUT2D eigenvalue weighted by molar-refractivity contribution is 5.91. The zero-order chi connectivity index (χ0) is 18.3. The van der Waals surface area contributed by atoms with Gasteiger partial charge in [0.2, 0.25) is 16.9 Å². The SMILES string of the molecule is COc1cc(-c2oc3cc(O)c(O)c(O)c3c(=O)c2OC)ccc1O. The first-order chi connectivity index (χ1) is 11.9. The second-order valence-corrected chi connectivity index (χ2v) is 5.15. The molecule has 1 heterocycles. The van der Waals surface area contributed by atoms with Gasteiger partial charge in [-0.25, -0.2) is 0 Å². The van der Waals surface area contributed by atoms with E-state index in [0.29, 0.717) is 5.56 Å². The molecule has 0 fully saturated rings. The topological polar surface area (TPSA) is 130 Å². The Bertz CT molecular complexity index is 1040. The summed E-state index contributed by atoms with van der Waals surface area (Å²) in [4.78, 5) is 12.6. The van der Waals surface area contributed by atoms with Crippen LogP contribution in [0.4, 0.5) is 0 Å². The Morgan fingerprint density at radius 3 is 2.28 bits per heavy atom. The molecule has 0 radical (unpaired) electrons. The standard InChI is InChI=1S/C17H14O8/c1-23-10-5-7(3-4-8(10)18)16-17(24-2)15(22)12-11(25-16)6-9(19)13(20)14(12)21/h3-6,18-21H,1-2H3. The molecule has 2 aromatic carbocycles. The first kappa shape index (κ1) is 16.3. The minimum absolute atomic E-state index is 0.00258. The van der Waals surface area contributed by atoms with Crippen LogP contribution in [-0.4, -0.2) is 34.6 Å². The predicted octanol–water partition coefficient (Wildman–Crippen LogP) is 2.30. The van der Waals surface area contributed by atoms with Crippen molar-refractivity contribution >= 4 is 11.0 Å². The maximum atomic E-state index is 12.6. The second kappa shape index (κ2) is 5.82. The van der Waals surface area contributed by atoms with E-state index in [-0.39, 0.29) is 34.0 Å². The molecule has 1 aromatic heterocycles. The molecule has 0 spiro atoms. The molecule has 8 nitrogen and oxygen atoms in total. The Labute approximate surface area is 140 Å². The number of fused-ring (bicyclic) bond motifs is 1. The van der Waals surface area contributed by atoms with Gasteiger partial charge in [-0.15, -0.1) is 0 Å². The van der Waals surface area contributed by atoms with Gasteiger partial charge in [0.1, 0.15) is 11.0 Å². The summed E-state index contributed by atoms with van der Waals surface area (Å²) in [6.07, 6.45) is 0. The van der Waals surface area contributed by atoms with E-state index in [9.17, 15) is 25.2 Å². The summed E-state index contributed by atoms with van der Waals surface area (Å²) in [6.45, 7) is 0. The van der Waals surface area contributed by atoms with Gasteiger partial charge in [0, 0.05) is 11.6 Å². The van der Waals surface area contributed by atoms with Crippen molar-refractivity contribution in [1.29, 1.82) is 0 Å².